The molecule has 8 heteroatoms. The Bertz CT molecular complexity index is 764. The van der Waals surface area contributed by atoms with Crippen LogP contribution in [0, 0.1) is 10.1 Å². The van der Waals surface area contributed by atoms with E-state index in [-0.39, 0.29) is 22.3 Å². The molecule has 0 aliphatic carbocycles. The van der Waals surface area contributed by atoms with Crippen molar-refractivity contribution in [3.8, 4) is 5.75 Å². The largest absolute Gasteiger partial charge is 0.495 e. The molecule has 0 saturated heterocycles. The predicted molar refractivity (Wildman–Crippen MR) is 88.7 cm³/mol. The minimum atomic E-state index is -0.529. The molecule has 0 aliphatic heterocycles. The van der Waals surface area contributed by atoms with Gasteiger partial charge in [-0.15, -0.1) is 0 Å². The van der Waals surface area contributed by atoms with Crippen LogP contribution in [0.15, 0.2) is 36.4 Å². The molecule has 23 heavy (non-hydrogen) atoms. The summed E-state index contributed by atoms with van der Waals surface area (Å²) in [7, 11) is 1.48. The second-order valence-corrected chi connectivity index (χ2v) is 5.08. The van der Waals surface area contributed by atoms with E-state index in [9.17, 15) is 14.9 Å². The van der Waals surface area contributed by atoms with E-state index in [4.69, 9.17) is 16.3 Å². The van der Waals surface area contributed by atoms with Crippen molar-refractivity contribution >= 4 is 40.3 Å². The Hall–Kier alpha value is -2.80. The van der Waals surface area contributed by atoms with Gasteiger partial charge in [-0.05, 0) is 30.3 Å². The van der Waals surface area contributed by atoms with Crippen LogP contribution in [0.25, 0.3) is 0 Å². The molecule has 0 saturated carbocycles. The number of nitrogens with zero attached hydrogens (tertiary/aromatic N) is 1. The maximum Gasteiger partial charge on any atom is 0.294 e. The van der Waals surface area contributed by atoms with Gasteiger partial charge in [0.15, 0.2) is 0 Å². The van der Waals surface area contributed by atoms with Gasteiger partial charge in [0.25, 0.3) is 5.69 Å². The Morgan fingerprint density at radius 2 is 1.96 bits per heavy atom. The molecule has 0 unspecified atom stereocenters. The van der Waals surface area contributed by atoms with E-state index in [2.05, 4.69) is 10.6 Å². The molecule has 2 aromatic rings. The minimum absolute atomic E-state index is 0.163. The van der Waals surface area contributed by atoms with Crippen LogP contribution in [0.4, 0.5) is 22.7 Å². The van der Waals surface area contributed by atoms with E-state index in [1.54, 1.807) is 24.3 Å². The lowest BCUT2D eigenvalue weighted by atomic mass is 10.2. The molecule has 0 radical (unpaired) electrons. The number of ether oxygens (including phenoxy) is 1. The third-order valence-corrected chi connectivity index (χ3v) is 3.18. The number of carbonyl (C=O) groups is 1. The van der Waals surface area contributed by atoms with Crippen LogP contribution in [0.5, 0.6) is 5.75 Å². The number of benzene rings is 2. The summed E-state index contributed by atoms with van der Waals surface area (Å²) in [5.41, 5.74) is 1.11. The van der Waals surface area contributed by atoms with Crippen molar-refractivity contribution in [2.75, 3.05) is 17.7 Å². The zero-order chi connectivity index (χ0) is 17.0. The van der Waals surface area contributed by atoms with Crippen molar-refractivity contribution in [3.05, 3.63) is 51.5 Å². The quantitative estimate of drug-likeness (QED) is 0.637. The number of hydrogen-bond donors (Lipinski definition) is 2. The summed E-state index contributed by atoms with van der Waals surface area (Å²) in [6, 6.07) is 9.25. The van der Waals surface area contributed by atoms with Gasteiger partial charge in [-0.25, -0.2) is 0 Å². The molecule has 0 bridgehead atoms. The van der Waals surface area contributed by atoms with Gasteiger partial charge in [0.1, 0.15) is 11.4 Å². The average molecular weight is 336 g/mol. The highest BCUT2D eigenvalue weighted by Crippen LogP contribution is 2.35. The van der Waals surface area contributed by atoms with Gasteiger partial charge in [-0.2, -0.15) is 0 Å². The Labute approximate surface area is 137 Å². The standard InChI is InChI=1S/C15H14ClN3O4/c1-9(20)17-11-4-6-15(23-2)13(8-11)18-12-5-3-10(16)7-14(12)19(21)22/h3-8,18H,1-2H3,(H,17,20). The molecule has 1 amide bonds. The summed E-state index contributed by atoms with van der Waals surface area (Å²) in [5.74, 6) is 0.252. The predicted octanol–water partition coefficient (Wildman–Crippen LogP) is 3.96. The van der Waals surface area contributed by atoms with Crippen LogP contribution in [0.3, 0.4) is 0 Å². The number of nitro benzene ring substituents is 1. The fourth-order valence-electron chi connectivity index (χ4n) is 1.99. The summed E-state index contributed by atoms with van der Waals surface area (Å²) in [5, 5.41) is 17.0. The van der Waals surface area contributed by atoms with Gasteiger partial charge in [0.2, 0.25) is 5.91 Å². The average Bonchev–Trinajstić information content (AvgIpc) is 2.48. The summed E-state index contributed by atoms with van der Waals surface area (Å²) in [6.07, 6.45) is 0. The number of carbonyl (C=O) groups excluding carboxylic acids is 1. The Morgan fingerprint density at radius 3 is 2.57 bits per heavy atom. The summed E-state index contributed by atoms with van der Waals surface area (Å²) >= 11 is 5.80. The SMILES string of the molecule is COc1ccc(NC(C)=O)cc1Nc1ccc(Cl)cc1[N+](=O)[O-]. The van der Waals surface area contributed by atoms with Gasteiger partial charge in [-0.1, -0.05) is 11.6 Å². The fourth-order valence-corrected chi connectivity index (χ4v) is 2.16. The maximum atomic E-state index is 11.2. The lowest BCUT2D eigenvalue weighted by Gasteiger charge is -2.13. The normalized spacial score (nSPS) is 10.0. The zero-order valence-electron chi connectivity index (χ0n) is 12.4. The van der Waals surface area contributed by atoms with E-state index in [0.29, 0.717) is 17.1 Å². The molecule has 0 aromatic heterocycles. The van der Waals surface area contributed by atoms with Gasteiger partial charge in [0, 0.05) is 23.7 Å². The molecule has 120 valence electrons. The Balaban J connectivity index is 2.42. The molecule has 2 N–H and O–H groups in total. The van der Waals surface area contributed by atoms with Crippen molar-refractivity contribution in [3.63, 3.8) is 0 Å². The van der Waals surface area contributed by atoms with Crippen molar-refractivity contribution in [1.82, 2.24) is 0 Å². The molecule has 2 rings (SSSR count). The molecule has 2 aromatic carbocycles. The van der Waals surface area contributed by atoms with Crippen LogP contribution >= 0.6 is 11.6 Å². The van der Waals surface area contributed by atoms with Crippen LogP contribution in [0.2, 0.25) is 5.02 Å². The number of methoxy groups -OCH3 is 1. The van der Waals surface area contributed by atoms with Crippen molar-refractivity contribution in [2.24, 2.45) is 0 Å². The first-order chi connectivity index (χ1) is 10.9. The van der Waals surface area contributed by atoms with Gasteiger partial charge in [0.05, 0.1) is 17.7 Å². The molecule has 0 atom stereocenters. The highest BCUT2D eigenvalue weighted by molar-refractivity contribution is 6.30. The molecule has 7 nitrogen and oxygen atoms in total. The molecule has 0 fully saturated rings. The summed E-state index contributed by atoms with van der Waals surface area (Å²) in [4.78, 5) is 21.8. The number of rotatable bonds is 5. The molecule has 0 aliphatic rings. The second-order valence-electron chi connectivity index (χ2n) is 4.64. The van der Waals surface area contributed by atoms with Gasteiger partial charge >= 0.3 is 0 Å². The second kappa shape index (κ2) is 6.97. The van der Waals surface area contributed by atoms with E-state index in [1.807, 2.05) is 0 Å². The van der Waals surface area contributed by atoms with Crippen LogP contribution in [0.1, 0.15) is 6.92 Å². The number of halogens is 1. The third-order valence-electron chi connectivity index (χ3n) is 2.95. The first-order valence-electron chi connectivity index (χ1n) is 6.57. The first kappa shape index (κ1) is 16.6. The Morgan fingerprint density at radius 1 is 1.22 bits per heavy atom. The molecule has 0 heterocycles. The number of amides is 1. The smallest absolute Gasteiger partial charge is 0.294 e. The van der Waals surface area contributed by atoms with E-state index in [1.165, 1.54) is 26.2 Å². The summed E-state index contributed by atoms with van der Waals surface area (Å²) in [6.45, 7) is 1.39. The van der Waals surface area contributed by atoms with Crippen molar-refractivity contribution in [2.45, 2.75) is 6.92 Å². The molecule has 0 spiro atoms. The van der Waals surface area contributed by atoms with Gasteiger partial charge < -0.3 is 15.4 Å². The zero-order valence-corrected chi connectivity index (χ0v) is 13.2. The first-order valence-corrected chi connectivity index (χ1v) is 6.95. The lowest BCUT2D eigenvalue weighted by Crippen LogP contribution is -2.06. The van der Waals surface area contributed by atoms with Crippen LogP contribution < -0.4 is 15.4 Å². The number of anilines is 3. The van der Waals surface area contributed by atoms with Crippen molar-refractivity contribution in [1.29, 1.82) is 0 Å². The number of nitro groups is 1. The Kier molecular flexibility index (Phi) is 5.02. The van der Waals surface area contributed by atoms with E-state index >= 15 is 0 Å². The topological polar surface area (TPSA) is 93.5 Å². The maximum absolute atomic E-state index is 11.2. The monoisotopic (exact) mass is 335 g/mol. The highest BCUT2D eigenvalue weighted by Gasteiger charge is 2.16. The molecular formula is C15H14ClN3O4. The van der Waals surface area contributed by atoms with Crippen molar-refractivity contribution < 1.29 is 14.5 Å². The highest BCUT2D eigenvalue weighted by atomic mass is 35.5. The number of hydrogen-bond acceptors (Lipinski definition) is 5. The van der Waals surface area contributed by atoms with Crippen LogP contribution in [-0.2, 0) is 4.79 Å². The number of nitrogens with one attached hydrogen (secondary N) is 2. The van der Waals surface area contributed by atoms with E-state index in [0.717, 1.165) is 0 Å². The third kappa shape index (κ3) is 4.10. The van der Waals surface area contributed by atoms with E-state index < -0.39 is 4.92 Å². The fraction of sp³-hybridized carbons (Fsp3) is 0.133. The van der Waals surface area contributed by atoms with Gasteiger partial charge in [-0.3, -0.25) is 14.9 Å². The molecular weight excluding hydrogens is 322 g/mol. The lowest BCUT2D eigenvalue weighted by molar-refractivity contribution is -0.383. The minimum Gasteiger partial charge on any atom is -0.495 e. The van der Waals surface area contributed by atoms with Crippen LogP contribution in [-0.4, -0.2) is 17.9 Å². The summed E-state index contributed by atoms with van der Waals surface area (Å²) < 4.78 is 5.23.